The number of rotatable bonds is 14. The number of carboxylic acid groups (broad SMARTS) is 2. The highest BCUT2D eigenvalue weighted by Gasteiger charge is 2.43. The number of carbonyl (C=O) groups excluding carboxylic acids is 2. The fourth-order valence-corrected chi connectivity index (χ4v) is 3.56. The van der Waals surface area contributed by atoms with Gasteiger partial charge >= 0.3 is 23.9 Å². The van der Waals surface area contributed by atoms with Gasteiger partial charge in [-0.2, -0.15) is 0 Å². The molecule has 0 rings (SSSR count). The Morgan fingerprint density at radius 1 is 0.656 bits per heavy atom. The summed E-state index contributed by atoms with van der Waals surface area (Å²) in [4.78, 5) is 44.2. The lowest BCUT2D eigenvalue weighted by atomic mass is 9.66. The van der Waals surface area contributed by atoms with Crippen molar-refractivity contribution in [3.05, 3.63) is 0 Å². The van der Waals surface area contributed by atoms with Crippen molar-refractivity contribution in [3.8, 4) is 0 Å². The molecule has 0 fully saturated rings. The van der Waals surface area contributed by atoms with Gasteiger partial charge in [0.2, 0.25) is 0 Å². The van der Waals surface area contributed by atoms with Crippen molar-refractivity contribution in [1.82, 2.24) is 0 Å². The maximum Gasteiger partial charge on any atom is 0.310 e. The van der Waals surface area contributed by atoms with E-state index in [1.54, 1.807) is 0 Å². The molecule has 0 aliphatic heterocycles. The van der Waals surface area contributed by atoms with E-state index in [2.05, 4.69) is 0 Å². The molecule has 0 amide bonds. The molecular weight excluding hydrogens is 416 g/mol. The Morgan fingerprint density at radius 2 is 1.03 bits per heavy atom. The van der Waals surface area contributed by atoms with E-state index in [1.165, 1.54) is 0 Å². The van der Waals surface area contributed by atoms with Crippen LogP contribution in [0.1, 0.15) is 100 Å². The Labute approximate surface area is 193 Å². The van der Waals surface area contributed by atoms with Crippen LogP contribution < -0.4 is 0 Å². The molecule has 0 spiro atoms. The molecule has 8 nitrogen and oxygen atoms in total. The first-order valence-corrected chi connectivity index (χ1v) is 11.5. The van der Waals surface area contributed by atoms with Crippen LogP contribution in [0.4, 0.5) is 0 Å². The molecule has 0 aliphatic carbocycles. The van der Waals surface area contributed by atoms with Gasteiger partial charge in [0, 0.05) is 19.3 Å². The summed E-state index contributed by atoms with van der Waals surface area (Å²) < 4.78 is 9.93. The van der Waals surface area contributed by atoms with Crippen LogP contribution in [0.25, 0.3) is 0 Å². The summed E-state index contributed by atoms with van der Waals surface area (Å²) in [6, 6.07) is 0. The minimum Gasteiger partial charge on any atom is -0.481 e. The SMILES string of the molecule is CC(C)C(CCCC(=O)O)(C(=O)O)C(C)C.CC(C)OC(=O)CCCCC(=O)OC(C)C. The number of carboxylic acids is 2. The molecule has 0 aliphatic rings. The van der Waals surface area contributed by atoms with Crippen molar-refractivity contribution in [2.24, 2.45) is 17.3 Å². The highest BCUT2D eigenvalue weighted by atomic mass is 16.5. The molecule has 32 heavy (non-hydrogen) atoms. The molecule has 0 saturated heterocycles. The first kappa shape index (κ1) is 32.1. The Morgan fingerprint density at radius 3 is 1.28 bits per heavy atom. The van der Waals surface area contributed by atoms with Gasteiger partial charge in [-0.25, -0.2) is 0 Å². The monoisotopic (exact) mass is 460 g/mol. The molecule has 0 unspecified atom stereocenters. The number of unbranched alkanes of at least 4 members (excludes halogenated alkanes) is 1. The lowest BCUT2D eigenvalue weighted by Crippen LogP contribution is -2.41. The standard InChI is InChI=1S/2C12H22O4/c1-9(2)15-11(13)7-5-6-8-12(14)16-10(3)4;1-8(2)12(9(3)4,11(15)16)7-5-6-10(13)14/h9-10H,5-8H2,1-4H3;8-9H,5-7H2,1-4H3,(H,13,14)(H,15,16). The number of esters is 2. The molecule has 188 valence electrons. The lowest BCUT2D eigenvalue weighted by molar-refractivity contribution is -0.157. The van der Waals surface area contributed by atoms with E-state index in [-0.39, 0.29) is 42.4 Å². The molecule has 8 heteroatoms. The van der Waals surface area contributed by atoms with Crippen molar-refractivity contribution in [3.63, 3.8) is 0 Å². The van der Waals surface area contributed by atoms with Crippen LogP contribution in [0, 0.1) is 17.3 Å². The number of carbonyl (C=O) groups is 4. The van der Waals surface area contributed by atoms with Crippen LogP contribution in [0.2, 0.25) is 0 Å². The molecule has 0 atom stereocenters. The minimum atomic E-state index is -0.869. The Balaban J connectivity index is 0. The third-order valence-corrected chi connectivity index (χ3v) is 5.19. The average Bonchev–Trinajstić information content (AvgIpc) is 2.60. The molecule has 0 aromatic rings. The lowest BCUT2D eigenvalue weighted by Gasteiger charge is -2.37. The van der Waals surface area contributed by atoms with Crippen molar-refractivity contribution in [2.75, 3.05) is 0 Å². The largest absolute Gasteiger partial charge is 0.481 e. The number of hydrogen-bond acceptors (Lipinski definition) is 6. The van der Waals surface area contributed by atoms with Crippen LogP contribution in [0.5, 0.6) is 0 Å². The zero-order valence-corrected chi connectivity index (χ0v) is 21.1. The van der Waals surface area contributed by atoms with Gasteiger partial charge in [-0.15, -0.1) is 0 Å². The summed E-state index contributed by atoms with van der Waals surface area (Å²) in [7, 11) is 0. The van der Waals surface area contributed by atoms with E-state index in [4.69, 9.17) is 14.6 Å². The van der Waals surface area contributed by atoms with E-state index in [1.807, 2.05) is 55.4 Å². The average molecular weight is 461 g/mol. The van der Waals surface area contributed by atoms with E-state index in [0.717, 1.165) is 0 Å². The van der Waals surface area contributed by atoms with Crippen molar-refractivity contribution in [1.29, 1.82) is 0 Å². The van der Waals surface area contributed by atoms with Gasteiger partial charge in [0.1, 0.15) is 0 Å². The second-order valence-corrected chi connectivity index (χ2v) is 9.19. The van der Waals surface area contributed by atoms with Gasteiger partial charge < -0.3 is 19.7 Å². The molecule has 0 heterocycles. The number of aliphatic carboxylic acids is 2. The fraction of sp³-hybridized carbons (Fsp3) is 0.833. The highest BCUT2D eigenvalue weighted by Crippen LogP contribution is 2.41. The Bertz CT molecular complexity index is 547. The first-order chi connectivity index (χ1) is 14.7. The van der Waals surface area contributed by atoms with Crippen molar-refractivity contribution >= 4 is 23.9 Å². The van der Waals surface area contributed by atoms with Crippen LogP contribution in [0.15, 0.2) is 0 Å². The summed E-state index contributed by atoms with van der Waals surface area (Å²) in [6.45, 7) is 14.8. The van der Waals surface area contributed by atoms with Gasteiger partial charge in [-0.05, 0) is 65.2 Å². The number of ether oxygens (including phenoxy) is 2. The maximum atomic E-state index is 11.4. The summed E-state index contributed by atoms with van der Waals surface area (Å²) in [5, 5.41) is 18.0. The third kappa shape index (κ3) is 14.0. The molecule has 0 aromatic heterocycles. The number of hydrogen-bond donors (Lipinski definition) is 2. The van der Waals surface area contributed by atoms with Gasteiger partial charge in [-0.1, -0.05) is 27.7 Å². The Hall–Kier alpha value is -2.12. The second kappa shape index (κ2) is 16.5. The predicted molar refractivity (Wildman–Crippen MR) is 122 cm³/mol. The van der Waals surface area contributed by atoms with Crippen LogP contribution >= 0.6 is 0 Å². The molecule has 0 saturated carbocycles. The quantitative estimate of drug-likeness (QED) is 0.271. The zero-order chi connectivity index (χ0) is 25.5. The van der Waals surface area contributed by atoms with Crippen LogP contribution in [0.3, 0.4) is 0 Å². The van der Waals surface area contributed by atoms with Gasteiger partial charge in [0.05, 0.1) is 17.6 Å². The fourth-order valence-electron chi connectivity index (χ4n) is 3.56. The van der Waals surface area contributed by atoms with Gasteiger partial charge in [0.25, 0.3) is 0 Å². The minimum absolute atomic E-state index is 0.00112. The predicted octanol–water partition coefficient (Wildman–Crippen LogP) is 5.07. The summed E-state index contributed by atoms with van der Waals surface area (Å²) in [5.74, 6) is -2.09. The first-order valence-electron chi connectivity index (χ1n) is 11.5. The van der Waals surface area contributed by atoms with Crippen LogP contribution in [-0.4, -0.2) is 46.3 Å². The zero-order valence-electron chi connectivity index (χ0n) is 21.1. The van der Waals surface area contributed by atoms with Crippen molar-refractivity contribution < 1.29 is 38.9 Å². The molecular formula is C24H44O8. The highest BCUT2D eigenvalue weighted by molar-refractivity contribution is 5.75. The summed E-state index contributed by atoms with van der Waals surface area (Å²) in [5.41, 5.74) is -0.810. The van der Waals surface area contributed by atoms with E-state index < -0.39 is 17.4 Å². The summed E-state index contributed by atoms with van der Waals surface area (Å²) >= 11 is 0. The van der Waals surface area contributed by atoms with Crippen LogP contribution in [-0.2, 0) is 28.7 Å². The Kier molecular flexibility index (Phi) is 16.5. The molecule has 2 N–H and O–H groups in total. The topological polar surface area (TPSA) is 127 Å². The summed E-state index contributed by atoms with van der Waals surface area (Å²) in [6.07, 6.45) is 2.80. The van der Waals surface area contributed by atoms with Crippen molar-refractivity contribution in [2.45, 2.75) is 113 Å². The normalized spacial score (nSPS) is 11.4. The van der Waals surface area contributed by atoms with E-state index >= 15 is 0 Å². The van der Waals surface area contributed by atoms with Gasteiger partial charge in [-0.3, -0.25) is 19.2 Å². The van der Waals surface area contributed by atoms with Gasteiger partial charge in [0.15, 0.2) is 0 Å². The van der Waals surface area contributed by atoms with E-state index in [0.29, 0.717) is 38.5 Å². The third-order valence-electron chi connectivity index (χ3n) is 5.19. The maximum absolute atomic E-state index is 11.4. The van der Waals surface area contributed by atoms with E-state index in [9.17, 15) is 24.3 Å². The second-order valence-electron chi connectivity index (χ2n) is 9.19. The molecule has 0 aromatic carbocycles. The smallest absolute Gasteiger partial charge is 0.310 e. The molecule has 0 bridgehead atoms. The molecule has 0 radical (unpaired) electrons.